The lowest BCUT2D eigenvalue weighted by molar-refractivity contribution is -0.111. The molecule has 0 radical (unpaired) electrons. The molecule has 142 valence electrons. The zero-order valence-corrected chi connectivity index (χ0v) is 15.2. The summed E-state index contributed by atoms with van der Waals surface area (Å²) in [5.74, 6) is -0.340. The van der Waals surface area contributed by atoms with Gasteiger partial charge in [-0.15, -0.1) is 0 Å². The van der Waals surface area contributed by atoms with Crippen LogP contribution in [0.2, 0.25) is 0 Å². The molecule has 0 saturated heterocycles. The Hall–Kier alpha value is -4.06. The first kappa shape index (κ1) is 18.3. The summed E-state index contributed by atoms with van der Waals surface area (Å²) in [6, 6.07) is 17.3. The number of nitrogens with one attached hydrogen (secondary N) is 1. The summed E-state index contributed by atoms with van der Waals surface area (Å²) in [6.07, 6.45) is 7.57. The molecule has 0 spiro atoms. The Morgan fingerprint density at radius 2 is 1.93 bits per heavy atom. The van der Waals surface area contributed by atoms with Crippen molar-refractivity contribution in [2.75, 3.05) is 5.32 Å². The molecule has 5 nitrogen and oxygen atoms in total. The second-order valence-electron chi connectivity index (χ2n) is 6.22. The molecule has 0 unspecified atom stereocenters. The Balaban J connectivity index is 1.42. The highest BCUT2D eigenvalue weighted by Gasteiger charge is 2.06. The molecule has 2 aromatic heterocycles. The number of benzene rings is 2. The molecule has 4 rings (SSSR count). The van der Waals surface area contributed by atoms with Crippen molar-refractivity contribution in [3.05, 3.63) is 96.7 Å². The molecule has 1 N–H and O–H groups in total. The van der Waals surface area contributed by atoms with E-state index in [1.807, 2.05) is 30.3 Å². The van der Waals surface area contributed by atoms with E-state index in [2.05, 4.69) is 15.3 Å². The lowest BCUT2D eigenvalue weighted by atomic mass is 10.2. The molecule has 0 atom stereocenters. The summed E-state index contributed by atoms with van der Waals surface area (Å²) in [5.41, 5.74) is 1.97. The first-order chi connectivity index (χ1) is 14.2. The van der Waals surface area contributed by atoms with Crippen molar-refractivity contribution in [1.82, 2.24) is 9.97 Å². The van der Waals surface area contributed by atoms with Crippen LogP contribution in [0.3, 0.4) is 0 Å². The number of fused-ring (bicyclic) bond motifs is 1. The van der Waals surface area contributed by atoms with Crippen LogP contribution < -0.4 is 10.1 Å². The van der Waals surface area contributed by atoms with E-state index in [1.165, 1.54) is 30.5 Å². The lowest BCUT2D eigenvalue weighted by Crippen LogP contribution is -2.07. The quantitative estimate of drug-likeness (QED) is 0.479. The van der Waals surface area contributed by atoms with Crippen LogP contribution in [-0.2, 0) is 4.79 Å². The van der Waals surface area contributed by atoms with Crippen LogP contribution in [-0.4, -0.2) is 15.9 Å². The molecule has 0 aliphatic carbocycles. The number of amides is 1. The van der Waals surface area contributed by atoms with Gasteiger partial charge in [-0.1, -0.05) is 24.3 Å². The molecule has 0 fully saturated rings. The number of ether oxygens (including phenoxy) is 1. The van der Waals surface area contributed by atoms with Crippen molar-refractivity contribution in [2.45, 2.75) is 0 Å². The first-order valence-corrected chi connectivity index (χ1v) is 8.89. The molecule has 0 bridgehead atoms. The van der Waals surface area contributed by atoms with Crippen molar-refractivity contribution >= 4 is 28.6 Å². The van der Waals surface area contributed by atoms with Crippen molar-refractivity contribution in [1.29, 1.82) is 0 Å². The number of rotatable bonds is 5. The van der Waals surface area contributed by atoms with Gasteiger partial charge >= 0.3 is 0 Å². The smallest absolute Gasteiger partial charge is 0.248 e. The van der Waals surface area contributed by atoms with E-state index in [-0.39, 0.29) is 11.7 Å². The van der Waals surface area contributed by atoms with Gasteiger partial charge in [-0.05, 0) is 48.0 Å². The maximum absolute atomic E-state index is 14.3. The highest BCUT2D eigenvalue weighted by atomic mass is 19.1. The Morgan fingerprint density at radius 3 is 2.76 bits per heavy atom. The molecule has 1 amide bonds. The Morgan fingerprint density at radius 1 is 1.03 bits per heavy atom. The van der Waals surface area contributed by atoms with E-state index in [0.717, 1.165) is 10.9 Å². The van der Waals surface area contributed by atoms with E-state index in [4.69, 9.17) is 4.74 Å². The molecule has 0 aliphatic heterocycles. The number of aromatic nitrogens is 2. The minimum Gasteiger partial charge on any atom is -0.453 e. The summed E-state index contributed by atoms with van der Waals surface area (Å²) in [5, 5.41) is 3.68. The number of halogens is 1. The SMILES string of the molecule is O=C(/C=C/c1ccc(Oc2cccnc2)c(F)c1)Nc1cnc2ccccc2c1. The van der Waals surface area contributed by atoms with E-state index < -0.39 is 5.82 Å². The largest absolute Gasteiger partial charge is 0.453 e. The Kier molecular flexibility index (Phi) is 5.25. The number of hydrogen-bond donors (Lipinski definition) is 1. The second-order valence-corrected chi connectivity index (χ2v) is 6.22. The number of hydrogen-bond acceptors (Lipinski definition) is 4. The number of para-hydroxylation sites is 1. The fourth-order valence-corrected chi connectivity index (χ4v) is 2.73. The molecule has 2 aromatic carbocycles. The van der Waals surface area contributed by atoms with Crippen LogP contribution in [0, 0.1) is 5.82 Å². The molecular weight excluding hydrogens is 369 g/mol. The zero-order chi connectivity index (χ0) is 20.1. The summed E-state index contributed by atoms with van der Waals surface area (Å²) in [6.45, 7) is 0. The van der Waals surface area contributed by atoms with Gasteiger partial charge < -0.3 is 10.1 Å². The third kappa shape index (κ3) is 4.62. The van der Waals surface area contributed by atoms with E-state index in [9.17, 15) is 9.18 Å². The van der Waals surface area contributed by atoms with Gasteiger partial charge in [0.1, 0.15) is 5.75 Å². The van der Waals surface area contributed by atoms with Crippen molar-refractivity contribution in [3.8, 4) is 11.5 Å². The van der Waals surface area contributed by atoms with Gasteiger partial charge in [0, 0.05) is 17.7 Å². The van der Waals surface area contributed by atoms with Crippen LogP contribution >= 0.6 is 0 Å². The molecule has 0 aliphatic rings. The maximum Gasteiger partial charge on any atom is 0.248 e. The summed E-state index contributed by atoms with van der Waals surface area (Å²) in [4.78, 5) is 20.4. The maximum atomic E-state index is 14.3. The lowest BCUT2D eigenvalue weighted by Gasteiger charge is -2.06. The Labute approximate surface area is 166 Å². The van der Waals surface area contributed by atoms with Gasteiger partial charge in [0.25, 0.3) is 0 Å². The predicted molar refractivity (Wildman–Crippen MR) is 110 cm³/mol. The Bertz CT molecular complexity index is 1190. The molecule has 29 heavy (non-hydrogen) atoms. The normalized spacial score (nSPS) is 10.9. The van der Waals surface area contributed by atoms with E-state index >= 15 is 0 Å². The van der Waals surface area contributed by atoms with Crippen LogP contribution in [0.4, 0.5) is 10.1 Å². The molecule has 2 heterocycles. The highest BCUT2D eigenvalue weighted by molar-refractivity contribution is 6.02. The van der Waals surface area contributed by atoms with Crippen LogP contribution in [0.5, 0.6) is 11.5 Å². The van der Waals surface area contributed by atoms with E-state index in [1.54, 1.807) is 30.6 Å². The predicted octanol–water partition coefficient (Wildman–Crippen LogP) is 5.21. The number of anilines is 1. The standard InChI is InChI=1S/C23H16FN3O2/c24-20-12-16(7-9-22(20)29-19-5-3-11-25-15-19)8-10-23(28)27-18-13-17-4-1-2-6-21(17)26-14-18/h1-15H,(H,27,28)/b10-8+. The van der Waals surface area contributed by atoms with Crippen molar-refractivity contribution < 1.29 is 13.9 Å². The fourth-order valence-electron chi connectivity index (χ4n) is 2.73. The average Bonchev–Trinajstić information content (AvgIpc) is 2.75. The highest BCUT2D eigenvalue weighted by Crippen LogP contribution is 2.25. The zero-order valence-electron chi connectivity index (χ0n) is 15.2. The minimum absolute atomic E-state index is 0.0850. The van der Waals surface area contributed by atoms with Gasteiger partial charge in [0.15, 0.2) is 11.6 Å². The topological polar surface area (TPSA) is 64.1 Å². The number of carbonyl (C=O) groups excluding carboxylic acids is 1. The van der Waals surface area contributed by atoms with Gasteiger partial charge in [-0.3, -0.25) is 14.8 Å². The molecule has 4 aromatic rings. The molecule has 6 heteroatoms. The average molecular weight is 385 g/mol. The summed E-state index contributed by atoms with van der Waals surface area (Å²) in [7, 11) is 0. The van der Waals surface area contributed by atoms with Gasteiger partial charge in [0.05, 0.1) is 23.6 Å². The minimum atomic E-state index is -0.532. The van der Waals surface area contributed by atoms with Gasteiger partial charge in [-0.25, -0.2) is 4.39 Å². The molecule has 0 saturated carbocycles. The second kappa shape index (κ2) is 8.31. The monoisotopic (exact) mass is 385 g/mol. The third-order valence-corrected chi connectivity index (χ3v) is 4.10. The third-order valence-electron chi connectivity index (χ3n) is 4.10. The molecular formula is C23H16FN3O2. The van der Waals surface area contributed by atoms with Crippen molar-refractivity contribution in [2.24, 2.45) is 0 Å². The van der Waals surface area contributed by atoms with Crippen LogP contribution in [0.1, 0.15) is 5.56 Å². The summed E-state index contributed by atoms with van der Waals surface area (Å²) >= 11 is 0. The summed E-state index contributed by atoms with van der Waals surface area (Å²) < 4.78 is 19.7. The van der Waals surface area contributed by atoms with Crippen LogP contribution in [0.25, 0.3) is 17.0 Å². The fraction of sp³-hybridized carbons (Fsp3) is 0. The number of carbonyl (C=O) groups is 1. The van der Waals surface area contributed by atoms with E-state index in [0.29, 0.717) is 17.0 Å². The van der Waals surface area contributed by atoms with Gasteiger partial charge in [0.2, 0.25) is 5.91 Å². The van der Waals surface area contributed by atoms with Crippen LogP contribution in [0.15, 0.2) is 85.3 Å². The van der Waals surface area contributed by atoms with Gasteiger partial charge in [-0.2, -0.15) is 0 Å². The van der Waals surface area contributed by atoms with Crippen molar-refractivity contribution in [3.63, 3.8) is 0 Å². The number of nitrogens with zero attached hydrogens (tertiary/aromatic N) is 2. The first-order valence-electron chi connectivity index (χ1n) is 8.89. The number of pyridine rings is 2.